The van der Waals surface area contributed by atoms with E-state index in [9.17, 15) is 24.0 Å². The number of ketones is 1. The van der Waals surface area contributed by atoms with Crippen LogP contribution >= 0.6 is 0 Å². The Morgan fingerprint density at radius 2 is 1.45 bits per heavy atom. The van der Waals surface area contributed by atoms with Crippen LogP contribution in [-0.4, -0.2) is 62.0 Å². The number of carbonyl (C=O) groups is 5. The van der Waals surface area contributed by atoms with E-state index in [0.29, 0.717) is 37.9 Å². The van der Waals surface area contributed by atoms with Crippen LogP contribution in [0.3, 0.4) is 0 Å². The van der Waals surface area contributed by atoms with Crippen LogP contribution in [0.2, 0.25) is 0 Å². The van der Waals surface area contributed by atoms with Gasteiger partial charge in [0.2, 0.25) is 11.8 Å². The van der Waals surface area contributed by atoms with Crippen molar-refractivity contribution in [1.29, 1.82) is 0 Å². The lowest BCUT2D eigenvalue weighted by atomic mass is 9.63. The zero-order chi connectivity index (χ0) is 31.3. The standard InChI is InChI=1S/C31H58N4O5/c1-12-13-26(32-10)29(40)35-30(9,18-36)34-24(8)27(38)15-23(7)31(19-37,16-21(4)5)17-22(6)25(14-20(2)3)28(39)33-11/h18-26,32,34H,12-17H2,1-11H3,(H,33,39)(H,35,40). The molecule has 7 atom stereocenters. The highest BCUT2D eigenvalue weighted by molar-refractivity contribution is 5.87. The maximum atomic E-state index is 13.4. The van der Waals surface area contributed by atoms with Gasteiger partial charge in [-0.3, -0.25) is 24.5 Å². The van der Waals surface area contributed by atoms with Gasteiger partial charge in [-0.25, -0.2) is 0 Å². The molecule has 0 aromatic rings. The van der Waals surface area contributed by atoms with E-state index >= 15 is 0 Å². The van der Waals surface area contributed by atoms with E-state index in [2.05, 4.69) is 49.0 Å². The Bertz CT molecular complexity index is 833. The molecular weight excluding hydrogens is 508 g/mol. The van der Waals surface area contributed by atoms with Crippen LogP contribution in [-0.2, 0) is 24.0 Å². The number of aldehydes is 2. The first-order chi connectivity index (χ1) is 18.5. The normalized spacial score (nSPS) is 18.5. The Kier molecular flexibility index (Phi) is 16.7. The molecule has 0 radical (unpaired) electrons. The molecule has 0 saturated carbocycles. The van der Waals surface area contributed by atoms with E-state index in [4.69, 9.17) is 0 Å². The van der Waals surface area contributed by atoms with E-state index in [0.717, 1.165) is 12.7 Å². The topological polar surface area (TPSA) is 133 Å². The summed E-state index contributed by atoms with van der Waals surface area (Å²) in [5, 5.41) is 11.5. The highest BCUT2D eigenvalue weighted by Gasteiger charge is 2.42. The molecule has 4 N–H and O–H groups in total. The number of amides is 2. The maximum Gasteiger partial charge on any atom is 0.238 e. The number of hydrogen-bond donors (Lipinski definition) is 4. The lowest BCUT2D eigenvalue weighted by molar-refractivity contribution is -0.132. The van der Waals surface area contributed by atoms with E-state index in [1.54, 1.807) is 21.0 Å². The summed E-state index contributed by atoms with van der Waals surface area (Å²) >= 11 is 0. The molecule has 9 heteroatoms. The van der Waals surface area contributed by atoms with Crippen LogP contribution in [0.1, 0.15) is 101 Å². The smallest absolute Gasteiger partial charge is 0.238 e. The van der Waals surface area contributed by atoms with Crippen LogP contribution in [0.15, 0.2) is 0 Å². The molecule has 0 saturated heterocycles. The summed E-state index contributed by atoms with van der Waals surface area (Å²) in [6, 6.07) is -1.19. The van der Waals surface area contributed by atoms with Gasteiger partial charge < -0.3 is 20.7 Å². The first kappa shape index (κ1) is 37.9. The third-order valence-electron chi connectivity index (χ3n) is 8.07. The number of rotatable bonds is 21. The van der Waals surface area contributed by atoms with Crippen molar-refractivity contribution in [2.75, 3.05) is 14.1 Å². The molecule has 0 bridgehead atoms. The van der Waals surface area contributed by atoms with Crippen molar-refractivity contribution in [3.63, 3.8) is 0 Å². The lowest BCUT2D eigenvalue weighted by Crippen LogP contribution is -2.64. The molecule has 0 heterocycles. The fraction of sp³-hybridized carbons (Fsp3) is 0.839. The molecule has 0 aliphatic heterocycles. The van der Waals surface area contributed by atoms with Gasteiger partial charge in [0.1, 0.15) is 17.7 Å². The lowest BCUT2D eigenvalue weighted by Gasteiger charge is -2.40. The van der Waals surface area contributed by atoms with Crippen LogP contribution in [0.5, 0.6) is 0 Å². The average molecular weight is 567 g/mol. The maximum absolute atomic E-state index is 13.4. The molecule has 0 fully saturated rings. The summed E-state index contributed by atoms with van der Waals surface area (Å²) in [6.45, 7) is 17.4. The number of nitrogens with one attached hydrogen (secondary N) is 4. The van der Waals surface area contributed by atoms with Gasteiger partial charge in [-0.1, -0.05) is 54.9 Å². The van der Waals surface area contributed by atoms with Crippen molar-refractivity contribution < 1.29 is 24.0 Å². The first-order valence-corrected chi connectivity index (χ1v) is 15.0. The molecule has 232 valence electrons. The minimum Gasteiger partial charge on any atom is -0.359 e. The van der Waals surface area contributed by atoms with Gasteiger partial charge in [0, 0.05) is 24.8 Å². The van der Waals surface area contributed by atoms with Crippen LogP contribution < -0.4 is 21.3 Å². The van der Waals surface area contributed by atoms with Crippen molar-refractivity contribution in [3.05, 3.63) is 0 Å². The summed E-state index contributed by atoms with van der Waals surface area (Å²) < 4.78 is 0. The second-order valence-electron chi connectivity index (χ2n) is 12.9. The van der Waals surface area contributed by atoms with Crippen molar-refractivity contribution in [3.8, 4) is 0 Å². The Hall–Kier alpha value is -2.13. The van der Waals surface area contributed by atoms with E-state index in [1.807, 2.05) is 20.8 Å². The summed E-state index contributed by atoms with van der Waals surface area (Å²) in [7, 11) is 3.33. The molecule has 0 aliphatic rings. The monoisotopic (exact) mass is 566 g/mol. The summed E-state index contributed by atoms with van der Waals surface area (Å²) in [6.07, 6.45) is 4.95. The van der Waals surface area contributed by atoms with E-state index < -0.39 is 23.2 Å². The zero-order valence-electron chi connectivity index (χ0n) is 27.0. The molecule has 2 amide bonds. The van der Waals surface area contributed by atoms with Gasteiger partial charge in [0.05, 0.1) is 12.1 Å². The molecule has 9 nitrogen and oxygen atoms in total. The van der Waals surface area contributed by atoms with Gasteiger partial charge in [0.15, 0.2) is 6.29 Å². The largest absolute Gasteiger partial charge is 0.359 e. The van der Waals surface area contributed by atoms with Crippen molar-refractivity contribution in [2.24, 2.45) is 35.0 Å². The molecule has 7 unspecified atom stereocenters. The van der Waals surface area contributed by atoms with Gasteiger partial charge in [-0.2, -0.15) is 0 Å². The highest BCUT2D eigenvalue weighted by Crippen LogP contribution is 2.43. The Morgan fingerprint density at radius 3 is 1.88 bits per heavy atom. The minimum absolute atomic E-state index is 0.0262. The second kappa shape index (κ2) is 17.6. The van der Waals surface area contributed by atoms with Crippen molar-refractivity contribution in [1.82, 2.24) is 21.3 Å². The molecular formula is C31H58N4O5. The number of carbonyl (C=O) groups excluding carboxylic acids is 5. The quantitative estimate of drug-likeness (QED) is 0.123. The number of Topliss-reactive ketones (excluding diaryl/α,β-unsaturated/α-hetero) is 1. The van der Waals surface area contributed by atoms with Crippen LogP contribution in [0.25, 0.3) is 0 Å². The predicted molar refractivity (Wildman–Crippen MR) is 160 cm³/mol. The Balaban J connectivity index is 5.84. The van der Waals surface area contributed by atoms with E-state index in [1.165, 1.54) is 6.92 Å². The third-order valence-corrected chi connectivity index (χ3v) is 8.07. The Labute approximate surface area is 243 Å². The minimum atomic E-state index is -1.43. The fourth-order valence-electron chi connectivity index (χ4n) is 5.84. The summed E-state index contributed by atoms with van der Waals surface area (Å²) in [4.78, 5) is 63.6. The zero-order valence-corrected chi connectivity index (χ0v) is 27.0. The SMILES string of the molecule is CCCC(NC)C(=O)NC(C)(C=O)NC(C)C(=O)CC(C)C(C=O)(CC(C)C)CC(C)C(CC(C)C)C(=O)NC. The third kappa shape index (κ3) is 11.8. The molecule has 0 aromatic heterocycles. The molecule has 40 heavy (non-hydrogen) atoms. The fourth-order valence-corrected chi connectivity index (χ4v) is 5.84. The van der Waals surface area contributed by atoms with Crippen LogP contribution in [0.4, 0.5) is 0 Å². The summed E-state index contributed by atoms with van der Waals surface area (Å²) in [5.74, 6) is -0.538. The van der Waals surface area contributed by atoms with Gasteiger partial charge in [-0.15, -0.1) is 0 Å². The summed E-state index contributed by atoms with van der Waals surface area (Å²) in [5.41, 5.74) is -2.21. The molecule has 0 aromatic carbocycles. The molecule has 0 rings (SSSR count). The highest BCUT2D eigenvalue weighted by atomic mass is 16.2. The van der Waals surface area contributed by atoms with Gasteiger partial charge in [-0.05, 0) is 70.3 Å². The predicted octanol–water partition coefficient (Wildman–Crippen LogP) is 3.65. The Morgan fingerprint density at radius 1 is 0.850 bits per heavy atom. The van der Waals surface area contributed by atoms with Crippen LogP contribution in [0, 0.1) is 35.0 Å². The average Bonchev–Trinajstić information content (AvgIpc) is 2.88. The first-order valence-electron chi connectivity index (χ1n) is 15.0. The van der Waals surface area contributed by atoms with Gasteiger partial charge in [0.25, 0.3) is 0 Å². The van der Waals surface area contributed by atoms with E-state index in [-0.39, 0.29) is 47.7 Å². The number of likely N-dealkylation sites (N-methyl/N-ethyl adjacent to an activating group) is 1. The number of hydrogen-bond acceptors (Lipinski definition) is 7. The molecule has 0 spiro atoms. The van der Waals surface area contributed by atoms with Crippen molar-refractivity contribution in [2.45, 2.75) is 119 Å². The van der Waals surface area contributed by atoms with Gasteiger partial charge >= 0.3 is 0 Å². The van der Waals surface area contributed by atoms with Crippen molar-refractivity contribution >= 4 is 30.2 Å². The molecule has 0 aliphatic carbocycles. The second-order valence-corrected chi connectivity index (χ2v) is 12.9.